The van der Waals surface area contributed by atoms with Crippen molar-refractivity contribution in [2.45, 2.75) is 39.7 Å². The summed E-state index contributed by atoms with van der Waals surface area (Å²) < 4.78 is 2.16. The van der Waals surface area contributed by atoms with Gasteiger partial charge in [-0.1, -0.05) is 12.1 Å². The first-order chi connectivity index (χ1) is 8.37. The van der Waals surface area contributed by atoms with Crippen LogP contribution in [0.3, 0.4) is 0 Å². The number of fused-ring (bicyclic) bond motifs is 1. The molecule has 2 rings (SSSR count). The number of nitrogens with zero attached hydrogens (tertiary/aromatic N) is 1. The molecule has 1 aromatic carbocycles. The Morgan fingerprint density at radius 1 is 1.39 bits per heavy atom. The normalized spacial score (nSPS) is 12.0. The summed E-state index contributed by atoms with van der Waals surface area (Å²) in [5.74, 6) is -0.798. The van der Waals surface area contributed by atoms with Gasteiger partial charge >= 0.3 is 5.97 Å². The number of carboxylic acids is 1. The first kappa shape index (κ1) is 12.7. The maximum Gasteiger partial charge on any atom is 0.313 e. The molecule has 0 saturated carbocycles. The molecule has 0 atom stereocenters. The van der Waals surface area contributed by atoms with Crippen LogP contribution in [0.25, 0.3) is 10.9 Å². The van der Waals surface area contributed by atoms with Gasteiger partial charge in [-0.15, -0.1) is 0 Å². The number of benzene rings is 1. The molecule has 0 aliphatic heterocycles. The molecule has 1 heterocycles. The molecular weight excluding hydrogens is 226 g/mol. The number of aliphatic carboxylic acids is 1. The van der Waals surface area contributed by atoms with E-state index in [9.17, 15) is 9.90 Å². The number of aromatic nitrogens is 1. The Labute approximate surface area is 107 Å². The van der Waals surface area contributed by atoms with E-state index in [4.69, 9.17) is 0 Å². The molecule has 0 bridgehead atoms. The van der Waals surface area contributed by atoms with Crippen molar-refractivity contribution < 1.29 is 9.90 Å². The quantitative estimate of drug-likeness (QED) is 0.901. The van der Waals surface area contributed by atoms with E-state index in [1.165, 1.54) is 10.9 Å². The van der Waals surface area contributed by atoms with Gasteiger partial charge in [0.25, 0.3) is 0 Å². The molecule has 3 nitrogen and oxygen atoms in total. The average Bonchev–Trinajstić information content (AvgIpc) is 2.65. The number of carboxylic acid groups (broad SMARTS) is 1. The topological polar surface area (TPSA) is 42.2 Å². The molecule has 3 heteroatoms. The third-order valence-corrected chi connectivity index (χ3v) is 3.68. The largest absolute Gasteiger partial charge is 0.481 e. The number of hydrogen-bond donors (Lipinski definition) is 1. The third kappa shape index (κ3) is 1.80. The number of carbonyl (C=O) groups is 1. The monoisotopic (exact) mass is 245 g/mol. The molecule has 0 spiro atoms. The zero-order valence-electron chi connectivity index (χ0n) is 11.3. The van der Waals surface area contributed by atoms with Crippen molar-refractivity contribution in [2.24, 2.45) is 0 Å². The second kappa shape index (κ2) is 4.16. The van der Waals surface area contributed by atoms with Gasteiger partial charge in [-0.2, -0.15) is 0 Å². The van der Waals surface area contributed by atoms with E-state index in [0.717, 1.165) is 17.6 Å². The van der Waals surface area contributed by atoms with Crippen molar-refractivity contribution in [3.8, 4) is 0 Å². The van der Waals surface area contributed by atoms with Crippen LogP contribution in [0, 0.1) is 6.92 Å². The van der Waals surface area contributed by atoms with Crippen LogP contribution in [0.5, 0.6) is 0 Å². The fourth-order valence-electron chi connectivity index (χ4n) is 2.25. The van der Waals surface area contributed by atoms with Crippen molar-refractivity contribution >= 4 is 16.9 Å². The fraction of sp³-hybridized carbons (Fsp3) is 0.400. The third-order valence-electron chi connectivity index (χ3n) is 3.68. The summed E-state index contributed by atoms with van der Waals surface area (Å²) >= 11 is 0. The van der Waals surface area contributed by atoms with Gasteiger partial charge in [-0.3, -0.25) is 4.79 Å². The first-order valence-electron chi connectivity index (χ1n) is 6.21. The average molecular weight is 245 g/mol. The lowest BCUT2D eigenvalue weighted by Gasteiger charge is -2.20. The summed E-state index contributed by atoms with van der Waals surface area (Å²) in [4.78, 5) is 11.3. The van der Waals surface area contributed by atoms with E-state index in [2.05, 4.69) is 24.6 Å². The minimum atomic E-state index is -0.856. The van der Waals surface area contributed by atoms with Gasteiger partial charge in [0.2, 0.25) is 0 Å². The van der Waals surface area contributed by atoms with Crippen LogP contribution in [-0.2, 0) is 16.8 Å². The summed E-state index contributed by atoms with van der Waals surface area (Å²) in [5.41, 5.74) is 2.33. The minimum absolute atomic E-state index is 0.798. The van der Waals surface area contributed by atoms with Crippen LogP contribution in [0.2, 0.25) is 0 Å². The standard InChI is InChI=1S/C15H19NO2/c1-5-16-9-10(2)12-7-6-11(8-13(12)16)15(3,4)14(17)18/h6-9H,5H2,1-4H3,(H,17,18). The Hall–Kier alpha value is -1.77. The van der Waals surface area contributed by atoms with Crippen LogP contribution >= 0.6 is 0 Å². The summed E-state index contributed by atoms with van der Waals surface area (Å²) in [5, 5.41) is 10.5. The molecule has 0 aliphatic carbocycles. The van der Waals surface area contributed by atoms with E-state index in [0.29, 0.717) is 0 Å². The Morgan fingerprint density at radius 3 is 2.61 bits per heavy atom. The summed E-state index contributed by atoms with van der Waals surface area (Å²) in [7, 11) is 0. The highest BCUT2D eigenvalue weighted by Gasteiger charge is 2.29. The molecule has 0 fully saturated rings. The molecule has 0 saturated heterocycles. The highest BCUT2D eigenvalue weighted by atomic mass is 16.4. The molecule has 1 N–H and O–H groups in total. The molecule has 18 heavy (non-hydrogen) atoms. The van der Waals surface area contributed by atoms with Gasteiger partial charge in [0.15, 0.2) is 0 Å². The van der Waals surface area contributed by atoms with Crippen LogP contribution < -0.4 is 0 Å². The SMILES string of the molecule is CCn1cc(C)c2ccc(C(C)(C)C(=O)O)cc21. The van der Waals surface area contributed by atoms with Gasteiger partial charge in [-0.05, 0) is 44.9 Å². The smallest absolute Gasteiger partial charge is 0.313 e. The second-order valence-corrected chi connectivity index (χ2v) is 5.26. The number of aryl methyl sites for hydroxylation is 2. The zero-order valence-corrected chi connectivity index (χ0v) is 11.3. The Bertz CT molecular complexity index is 608. The minimum Gasteiger partial charge on any atom is -0.481 e. The summed E-state index contributed by atoms with van der Waals surface area (Å²) in [6.45, 7) is 8.54. The molecule has 96 valence electrons. The van der Waals surface area contributed by atoms with Crippen molar-refractivity contribution in [1.29, 1.82) is 0 Å². The van der Waals surface area contributed by atoms with Gasteiger partial charge in [-0.25, -0.2) is 0 Å². The van der Waals surface area contributed by atoms with Gasteiger partial charge in [0.05, 0.1) is 5.41 Å². The van der Waals surface area contributed by atoms with E-state index in [1.54, 1.807) is 13.8 Å². The van der Waals surface area contributed by atoms with Crippen molar-refractivity contribution in [3.05, 3.63) is 35.5 Å². The second-order valence-electron chi connectivity index (χ2n) is 5.26. The summed E-state index contributed by atoms with van der Waals surface area (Å²) in [6, 6.07) is 5.94. The van der Waals surface area contributed by atoms with Gasteiger partial charge in [0, 0.05) is 23.6 Å². The maximum absolute atomic E-state index is 11.3. The van der Waals surface area contributed by atoms with E-state index in [-0.39, 0.29) is 0 Å². The van der Waals surface area contributed by atoms with E-state index in [1.807, 2.05) is 18.2 Å². The van der Waals surface area contributed by atoms with Crippen molar-refractivity contribution in [2.75, 3.05) is 0 Å². The van der Waals surface area contributed by atoms with Crippen molar-refractivity contribution in [1.82, 2.24) is 4.57 Å². The van der Waals surface area contributed by atoms with Crippen LogP contribution in [0.4, 0.5) is 0 Å². The predicted molar refractivity (Wildman–Crippen MR) is 73.0 cm³/mol. The van der Waals surface area contributed by atoms with Crippen LogP contribution in [0.15, 0.2) is 24.4 Å². The molecule has 0 aliphatic rings. The lowest BCUT2D eigenvalue weighted by molar-refractivity contribution is -0.142. The van der Waals surface area contributed by atoms with Crippen LogP contribution in [0.1, 0.15) is 31.9 Å². The molecular formula is C15H19NO2. The number of hydrogen-bond acceptors (Lipinski definition) is 1. The lowest BCUT2D eigenvalue weighted by Crippen LogP contribution is -2.28. The van der Waals surface area contributed by atoms with Crippen molar-refractivity contribution in [3.63, 3.8) is 0 Å². The maximum atomic E-state index is 11.3. The van der Waals surface area contributed by atoms with Gasteiger partial charge in [0.1, 0.15) is 0 Å². The Kier molecular flexibility index (Phi) is 2.93. The molecule has 1 aromatic heterocycles. The molecule has 0 amide bonds. The Morgan fingerprint density at radius 2 is 2.06 bits per heavy atom. The Balaban J connectivity index is 2.67. The first-order valence-corrected chi connectivity index (χ1v) is 6.21. The molecule has 2 aromatic rings. The number of rotatable bonds is 3. The van der Waals surface area contributed by atoms with Crippen LogP contribution in [-0.4, -0.2) is 15.6 Å². The summed E-state index contributed by atoms with van der Waals surface area (Å²) in [6.07, 6.45) is 2.11. The highest BCUT2D eigenvalue weighted by Crippen LogP contribution is 2.29. The van der Waals surface area contributed by atoms with Gasteiger partial charge < -0.3 is 9.67 Å². The molecule has 0 radical (unpaired) electrons. The van der Waals surface area contributed by atoms with E-state index >= 15 is 0 Å². The lowest BCUT2D eigenvalue weighted by atomic mass is 9.84. The zero-order chi connectivity index (χ0) is 13.5. The molecule has 0 unspecified atom stereocenters. The van der Waals surface area contributed by atoms with E-state index < -0.39 is 11.4 Å². The predicted octanol–water partition coefficient (Wildman–Crippen LogP) is 3.33. The highest BCUT2D eigenvalue weighted by molar-refractivity contribution is 5.87. The fourth-order valence-corrected chi connectivity index (χ4v) is 2.25.